The second kappa shape index (κ2) is 6.16. The molecular weight excluding hydrogens is 266 g/mol. The van der Waals surface area contributed by atoms with Crippen molar-refractivity contribution in [1.82, 2.24) is 5.32 Å². The van der Waals surface area contributed by atoms with Crippen molar-refractivity contribution in [2.45, 2.75) is 13.5 Å². The lowest BCUT2D eigenvalue weighted by molar-refractivity contribution is -0.125. The highest BCUT2D eigenvalue weighted by atomic mass is 79.9. The first kappa shape index (κ1) is 11.7. The van der Waals surface area contributed by atoms with Gasteiger partial charge in [-0.25, -0.2) is 0 Å². The smallest absolute Gasteiger partial charge is 0.246 e. The molecule has 0 saturated carbocycles. The number of carbonyl (C=O) groups is 1. The van der Waals surface area contributed by atoms with Gasteiger partial charge in [0.05, 0.1) is 3.79 Å². The van der Waals surface area contributed by atoms with E-state index in [-0.39, 0.29) is 12.5 Å². The highest BCUT2D eigenvalue weighted by Crippen LogP contribution is 2.22. The van der Waals surface area contributed by atoms with Crippen LogP contribution in [0.1, 0.15) is 12.5 Å². The molecule has 0 spiro atoms. The van der Waals surface area contributed by atoms with Gasteiger partial charge < -0.3 is 10.1 Å². The van der Waals surface area contributed by atoms with Gasteiger partial charge >= 0.3 is 0 Å². The zero-order valence-electron chi connectivity index (χ0n) is 7.88. The lowest BCUT2D eigenvalue weighted by atomic mass is 10.3. The van der Waals surface area contributed by atoms with E-state index < -0.39 is 0 Å². The van der Waals surface area contributed by atoms with Gasteiger partial charge in [0.15, 0.2) is 0 Å². The third kappa shape index (κ3) is 3.77. The first-order valence-electron chi connectivity index (χ1n) is 4.30. The number of hydrogen-bond donors (Lipinski definition) is 1. The molecule has 5 heteroatoms. The van der Waals surface area contributed by atoms with Gasteiger partial charge in [-0.05, 0) is 39.9 Å². The van der Waals surface area contributed by atoms with Crippen molar-refractivity contribution in [1.29, 1.82) is 0 Å². The Morgan fingerprint density at radius 3 is 3.07 bits per heavy atom. The molecule has 78 valence electrons. The van der Waals surface area contributed by atoms with Crippen LogP contribution in [0.15, 0.2) is 15.2 Å². The van der Waals surface area contributed by atoms with Crippen LogP contribution in [-0.4, -0.2) is 19.1 Å². The van der Waals surface area contributed by atoms with Crippen LogP contribution in [0.2, 0.25) is 0 Å². The van der Waals surface area contributed by atoms with Gasteiger partial charge in [0, 0.05) is 13.2 Å². The monoisotopic (exact) mass is 277 g/mol. The van der Waals surface area contributed by atoms with Crippen LogP contribution in [-0.2, 0) is 16.1 Å². The third-order valence-electron chi connectivity index (χ3n) is 1.61. The van der Waals surface area contributed by atoms with Crippen LogP contribution in [0.4, 0.5) is 0 Å². The Morgan fingerprint density at radius 2 is 2.50 bits per heavy atom. The Morgan fingerprint density at radius 1 is 1.71 bits per heavy atom. The van der Waals surface area contributed by atoms with Crippen molar-refractivity contribution in [2.75, 3.05) is 13.2 Å². The zero-order valence-corrected chi connectivity index (χ0v) is 10.3. The zero-order chi connectivity index (χ0) is 10.4. The van der Waals surface area contributed by atoms with E-state index in [1.807, 2.05) is 18.4 Å². The molecule has 0 atom stereocenters. The average molecular weight is 278 g/mol. The summed E-state index contributed by atoms with van der Waals surface area (Å²) >= 11 is 5.01. The van der Waals surface area contributed by atoms with Crippen LogP contribution >= 0.6 is 27.3 Å². The van der Waals surface area contributed by atoms with E-state index in [2.05, 4.69) is 21.2 Å². The van der Waals surface area contributed by atoms with E-state index >= 15 is 0 Å². The summed E-state index contributed by atoms with van der Waals surface area (Å²) < 4.78 is 6.04. The number of halogens is 1. The number of carbonyl (C=O) groups excluding carboxylic acids is 1. The van der Waals surface area contributed by atoms with Crippen LogP contribution in [0, 0.1) is 0 Å². The van der Waals surface area contributed by atoms with Crippen molar-refractivity contribution in [3.63, 3.8) is 0 Å². The standard InChI is InChI=1S/C9H12BrNO2S/c1-2-13-6-8(12)11-5-7-3-4-14-9(7)10/h3-4H,2,5-6H2,1H3,(H,11,12). The fourth-order valence-corrected chi connectivity index (χ4v) is 2.12. The fraction of sp³-hybridized carbons (Fsp3) is 0.444. The molecule has 0 aromatic carbocycles. The van der Waals surface area contributed by atoms with Crippen LogP contribution in [0.25, 0.3) is 0 Å². The molecular formula is C9H12BrNO2S. The molecule has 0 unspecified atom stereocenters. The summed E-state index contributed by atoms with van der Waals surface area (Å²) in [5, 5.41) is 4.75. The maximum Gasteiger partial charge on any atom is 0.246 e. The first-order valence-corrected chi connectivity index (χ1v) is 5.97. The summed E-state index contributed by atoms with van der Waals surface area (Å²) in [5.74, 6) is -0.0787. The summed E-state index contributed by atoms with van der Waals surface area (Å²) in [6, 6.07) is 1.98. The number of hydrogen-bond acceptors (Lipinski definition) is 3. The number of rotatable bonds is 5. The molecule has 1 aromatic rings. The van der Waals surface area contributed by atoms with Crippen molar-refractivity contribution >= 4 is 33.2 Å². The number of nitrogens with one attached hydrogen (secondary N) is 1. The van der Waals surface area contributed by atoms with Gasteiger partial charge in [-0.1, -0.05) is 0 Å². The van der Waals surface area contributed by atoms with Crippen molar-refractivity contribution < 1.29 is 9.53 Å². The molecule has 0 aliphatic rings. The van der Waals surface area contributed by atoms with E-state index in [4.69, 9.17) is 4.74 Å². The SMILES string of the molecule is CCOCC(=O)NCc1ccsc1Br. The molecule has 3 nitrogen and oxygen atoms in total. The highest BCUT2D eigenvalue weighted by Gasteiger charge is 2.03. The predicted octanol–water partition coefficient (Wildman–Crippen LogP) is 2.16. The van der Waals surface area contributed by atoms with Gasteiger partial charge in [0.25, 0.3) is 0 Å². The van der Waals surface area contributed by atoms with Gasteiger partial charge in [0.1, 0.15) is 6.61 Å². The Labute approximate surface area is 95.6 Å². The molecule has 1 aromatic heterocycles. The Bertz CT molecular complexity index is 301. The minimum atomic E-state index is -0.0787. The lowest BCUT2D eigenvalue weighted by Crippen LogP contribution is -2.26. The molecule has 0 fully saturated rings. The molecule has 0 bridgehead atoms. The number of ether oxygens (including phenoxy) is 1. The number of thiophene rings is 1. The molecule has 1 heterocycles. The molecule has 14 heavy (non-hydrogen) atoms. The maximum atomic E-state index is 11.2. The molecule has 0 saturated heterocycles. The van der Waals surface area contributed by atoms with Crippen molar-refractivity contribution in [3.05, 3.63) is 20.8 Å². The Hall–Kier alpha value is -0.390. The van der Waals surface area contributed by atoms with Crippen molar-refractivity contribution in [3.8, 4) is 0 Å². The molecule has 1 rings (SSSR count). The Kier molecular flexibility index (Phi) is 5.14. The molecule has 0 radical (unpaired) electrons. The second-order valence-electron chi connectivity index (χ2n) is 2.63. The molecule has 1 amide bonds. The highest BCUT2D eigenvalue weighted by molar-refractivity contribution is 9.11. The second-order valence-corrected chi connectivity index (χ2v) is 4.87. The van der Waals surface area contributed by atoms with Crippen LogP contribution < -0.4 is 5.32 Å². The van der Waals surface area contributed by atoms with E-state index in [1.165, 1.54) is 0 Å². The van der Waals surface area contributed by atoms with Gasteiger partial charge in [-0.3, -0.25) is 4.79 Å². The third-order valence-corrected chi connectivity index (χ3v) is 3.42. The first-order chi connectivity index (χ1) is 6.74. The molecule has 1 N–H and O–H groups in total. The summed E-state index contributed by atoms with van der Waals surface area (Å²) in [6.07, 6.45) is 0. The minimum Gasteiger partial charge on any atom is -0.372 e. The lowest BCUT2D eigenvalue weighted by Gasteiger charge is -2.03. The topological polar surface area (TPSA) is 38.3 Å². The summed E-state index contributed by atoms with van der Waals surface area (Å²) in [5.41, 5.74) is 1.10. The van der Waals surface area contributed by atoms with Gasteiger partial charge in [-0.15, -0.1) is 11.3 Å². The van der Waals surface area contributed by atoms with E-state index in [0.717, 1.165) is 9.35 Å². The largest absolute Gasteiger partial charge is 0.372 e. The van der Waals surface area contributed by atoms with Crippen molar-refractivity contribution in [2.24, 2.45) is 0 Å². The van der Waals surface area contributed by atoms with Gasteiger partial charge in [-0.2, -0.15) is 0 Å². The number of amides is 1. The summed E-state index contributed by atoms with van der Waals surface area (Å²) in [4.78, 5) is 11.2. The van der Waals surface area contributed by atoms with E-state index in [9.17, 15) is 4.79 Å². The normalized spacial score (nSPS) is 10.1. The fourth-order valence-electron chi connectivity index (χ4n) is 0.885. The summed E-state index contributed by atoms with van der Waals surface area (Å²) in [7, 11) is 0. The summed E-state index contributed by atoms with van der Waals surface area (Å²) in [6.45, 7) is 3.12. The molecule has 0 aliphatic heterocycles. The van der Waals surface area contributed by atoms with E-state index in [0.29, 0.717) is 13.2 Å². The minimum absolute atomic E-state index is 0.0787. The van der Waals surface area contributed by atoms with Gasteiger partial charge in [0.2, 0.25) is 5.91 Å². The predicted molar refractivity (Wildman–Crippen MR) is 60.4 cm³/mol. The van der Waals surface area contributed by atoms with Crippen LogP contribution in [0.3, 0.4) is 0 Å². The molecule has 0 aliphatic carbocycles. The maximum absolute atomic E-state index is 11.2. The quantitative estimate of drug-likeness (QED) is 0.896. The van der Waals surface area contributed by atoms with Crippen LogP contribution in [0.5, 0.6) is 0 Å². The Balaban J connectivity index is 2.27. The average Bonchev–Trinajstić information content (AvgIpc) is 2.58. The van der Waals surface area contributed by atoms with E-state index in [1.54, 1.807) is 11.3 Å².